The molecule has 96 valence electrons. The molecule has 0 heterocycles. The van der Waals surface area contributed by atoms with Crippen molar-refractivity contribution in [1.82, 2.24) is 5.32 Å². The Labute approximate surface area is 98.9 Å². The first-order valence-electron chi connectivity index (χ1n) is 6.05. The number of rotatable bonds is 9. The molecule has 0 radical (unpaired) electrons. The number of hydrogen-bond acceptors (Lipinski definition) is 3. The number of amides is 1. The van der Waals surface area contributed by atoms with Gasteiger partial charge in [-0.05, 0) is 18.3 Å². The molecule has 0 aromatic heterocycles. The summed E-state index contributed by atoms with van der Waals surface area (Å²) in [6, 6.07) is -0.256. The van der Waals surface area contributed by atoms with Gasteiger partial charge in [-0.25, -0.2) is 0 Å². The Morgan fingerprint density at radius 1 is 1.25 bits per heavy atom. The largest absolute Gasteiger partial charge is 0.380 e. The van der Waals surface area contributed by atoms with Gasteiger partial charge in [0.1, 0.15) is 0 Å². The van der Waals surface area contributed by atoms with Gasteiger partial charge in [-0.15, -0.1) is 0 Å². The van der Waals surface area contributed by atoms with Gasteiger partial charge < -0.3 is 15.8 Å². The highest BCUT2D eigenvalue weighted by Crippen LogP contribution is 2.00. The first kappa shape index (κ1) is 15.4. The van der Waals surface area contributed by atoms with Crippen LogP contribution in [0.5, 0.6) is 0 Å². The van der Waals surface area contributed by atoms with Gasteiger partial charge in [-0.2, -0.15) is 0 Å². The number of primary amides is 1. The third kappa shape index (κ3) is 7.65. The van der Waals surface area contributed by atoms with Gasteiger partial charge in [0.2, 0.25) is 5.91 Å². The van der Waals surface area contributed by atoms with E-state index >= 15 is 0 Å². The first-order valence-corrected chi connectivity index (χ1v) is 6.05. The number of carbonyl (C=O) groups is 1. The van der Waals surface area contributed by atoms with Gasteiger partial charge in [0, 0.05) is 13.2 Å². The van der Waals surface area contributed by atoms with Crippen LogP contribution in [0.4, 0.5) is 0 Å². The van der Waals surface area contributed by atoms with Crippen molar-refractivity contribution in [3.63, 3.8) is 0 Å². The fourth-order valence-electron chi connectivity index (χ4n) is 1.37. The fraction of sp³-hybridized carbons (Fsp3) is 0.917. The van der Waals surface area contributed by atoms with Gasteiger partial charge in [-0.3, -0.25) is 4.79 Å². The zero-order valence-electron chi connectivity index (χ0n) is 11.0. The predicted octanol–water partition coefficient (Wildman–Crippen LogP) is 1.15. The second-order valence-corrected chi connectivity index (χ2v) is 4.87. The van der Waals surface area contributed by atoms with Crippen molar-refractivity contribution in [3.05, 3.63) is 0 Å². The van der Waals surface area contributed by atoms with Gasteiger partial charge >= 0.3 is 0 Å². The van der Waals surface area contributed by atoms with Crippen molar-refractivity contribution in [2.24, 2.45) is 17.6 Å². The Morgan fingerprint density at radius 3 is 2.31 bits per heavy atom. The second kappa shape index (κ2) is 8.53. The predicted molar refractivity (Wildman–Crippen MR) is 66.1 cm³/mol. The molecule has 3 N–H and O–H groups in total. The summed E-state index contributed by atoms with van der Waals surface area (Å²) in [5.41, 5.74) is 5.28. The van der Waals surface area contributed by atoms with E-state index in [1.165, 1.54) is 0 Å². The summed E-state index contributed by atoms with van der Waals surface area (Å²) in [6.45, 7) is 10.4. The number of nitrogens with one attached hydrogen (secondary N) is 1. The maximum absolute atomic E-state index is 11.1. The zero-order chi connectivity index (χ0) is 12.6. The van der Waals surface area contributed by atoms with Crippen LogP contribution in [-0.4, -0.2) is 31.7 Å². The monoisotopic (exact) mass is 230 g/mol. The van der Waals surface area contributed by atoms with Crippen molar-refractivity contribution in [3.8, 4) is 0 Å². The highest BCUT2D eigenvalue weighted by Gasteiger charge is 2.17. The lowest BCUT2D eigenvalue weighted by molar-refractivity contribution is -0.121. The Morgan fingerprint density at radius 2 is 1.88 bits per heavy atom. The van der Waals surface area contributed by atoms with E-state index in [-0.39, 0.29) is 17.9 Å². The third-order valence-electron chi connectivity index (χ3n) is 2.42. The summed E-state index contributed by atoms with van der Waals surface area (Å²) in [7, 11) is 0. The molecule has 1 unspecified atom stereocenters. The molecule has 4 heteroatoms. The molecule has 1 amide bonds. The molecule has 0 fully saturated rings. The molecule has 1 atom stereocenters. The molecule has 0 aliphatic carbocycles. The Balaban J connectivity index is 3.52. The number of carbonyl (C=O) groups excluding carboxylic acids is 1. The molecule has 16 heavy (non-hydrogen) atoms. The van der Waals surface area contributed by atoms with Crippen LogP contribution in [0.15, 0.2) is 0 Å². The summed E-state index contributed by atoms with van der Waals surface area (Å²) >= 11 is 0. The number of ether oxygens (including phenoxy) is 1. The zero-order valence-corrected chi connectivity index (χ0v) is 11.0. The van der Waals surface area contributed by atoms with Gasteiger partial charge in [0.05, 0.1) is 12.6 Å². The lowest BCUT2D eigenvalue weighted by Crippen LogP contribution is -2.46. The van der Waals surface area contributed by atoms with Crippen LogP contribution in [-0.2, 0) is 9.53 Å². The third-order valence-corrected chi connectivity index (χ3v) is 2.42. The van der Waals surface area contributed by atoms with Crippen LogP contribution in [0.2, 0.25) is 0 Å². The lowest BCUT2D eigenvalue weighted by Gasteiger charge is -2.18. The average molecular weight is 230 g/mol. The van der Waals surface area contributed by atoms with Crippen molar-refractivity contribution >= 4 is 5.91 Å². The molecular formula is C12H26N2O2. The van der Waals surface area contributed by atoms with Gasteiger partial charge in [0.25, 0.3) is 0 Å². The molecule has 0 aliphatic rings. The molecule has 0 spiro atoms. The molecule has 0 saturated carbocycles. The van der Waals surface area contributed by atoms with E-state index in [9.17, 15) is 4.79 Å². The van der Waals surface area contributed by atoms with E-state index < -0.39 is 0 Å². The Hall–Kier alpha value is -0.610. The number of hydrogen-bond donors (Lipinski definition) is 2. The average Bonchev–Trinajstić information content (AvgIpc) is 2.14. The van der Waals surface area contributed by atoms with E-state index in [2.05, 4.69) is 19.2 Å². The van der Waals surface area contributed by atoms with E-state index in [0.29, 0.717) is 19.1 Å². The minimum Gasteiger partial charge on any atom is -0.380 e. The molecule has 0 aromatic carbocycles. The second-order valence-electron chi connectivity index (χ2n) is 4.87. The topological polar surface area (TPSA) is 64.3 Å². The SMILES string of the molecule is CC(C)CCOCCNC(C(N)=O)C(C)C. The minimum atomic E-state index is -0.294. The van der Waals surface area contributed by atoms with E-state index in [0.717, 1.165) is 13.0 Å². The minimum absolute atomic E-state index is 0.216. The Bertz CT molecular complexity index is 193. The molecule has 4 nitrogen and oxygen atoms in total. The maximum atomic E-state index is 11.1. The van der Waals surface area contributed by atoms with Crippen LogP contribution >= 0.6 is 0 Å². The van der Waals surface area contributed by atoms with Crippen LogP contribution in [0.25, 0.3) is 0 Å². The molecule has 0 aliphatic heterocycles. The van der Waals surface area contributed by atoms with Crippen LogP contribution in [0.1, 0.15) is 34.1 Å². The van der Waals surface area contributed by atoms with Crippen molar-refractivity contribution in [2.45, 2.75) is 40.2 Å². The van der Waals surface area contributed by atoms with Gasteiger partial charge in [-0.1, -0.05) is 27.7 Å². The summed E-state index contributed by atoms with van der Waals surface area (Å²) in [5.74, 6) is 0.590. The van der Waals surface area contributed by atoms with Gasteiger partial charge in [0.15, 0.2) is 0 Å². The summed E-state index contributed by atoms with van der Waals surface area (Å²) < 4.78 is 5.44. The Kier molecular flexibility index (Phi) is 8.21. The summed E-state index contributed by atoms with van der Waals surface area (Å²) in [4.78, 5) is 11.1. The molecular weight excluding hydrogens is 204 g/mol. The van der Waals surface area contributed by atoms with Crippen molar-refractivity contribution < 1.29 is 9.53 Å². The molecule has 0 rings (SSSR count). The highest BCUT2D eigenvalue weighted by atomic mass is 16.5. The summed E-state index contributed by atoms with van der Waals surface area (Å²) in [6.07, 6.45) is 1.07. The van der Waals surface area contributed by atoms with Crippen LogP contribution in [0.3, 0.4) is 0 Å². The van der Waals surface area contributed by atoms with Crippen LogP contribution in [0, 0.1) is 11.8 Å². The molecule has 0 saturated heterocycles. The van der Waals surface area contributed by atoms with Crippen molar-refractivity contribution in [1.29, 1.82) is 0 Å². The summed E-state index contributed by atoms with van der Waals surface area (Å²) in [5, 5.41) is 3.11. The van der Waals surface area contributed by atoms with Crippen molar-refractivity contribution in [2.75, 3.05) is 19.8 Å². The number of nitrogens with two attached hydrogens (primary N) is 1. The standard InChI is InChI=1S/C12H26N2O2/c1-9(2)5-7-16-8-6-14-11(10(3)4)12(13)15/h9-11,14H,5-8H2,1-4H3,(H2,13,15). The van der Waals surface area contributed by atoms with E-state index in [1.807, 2.05) is 13.8 Å². The molecule has 0 bridgehead atoms. The lowest BCUT2D eigenvalue weighted by atomic mass is 10.0. The normalized spacial score (nSPS) is 13.4. The highest BCUT2D eigenvalue weighted by molar-refractivity contribution is 5.80. The quantitative estimate of drug-likeness (QED) is 0.584. The van der Waals surface area contributed by atoms with E-state index in [4.69, 9.17) is 10.5 Å². The first-order chi connectivity index (χ1) is 7.45. The van der Waals surface area contributed by atoms with E-state index in [1.54, 1.807) is 0 Å². The smallest absolute Gasteiger partial charge is 0.234 e. The van der Waals surface area contributed by atoms with Crippen LogP contribution < -0.4 is 11.1 Å². The fourth-order valence-corrected chi connectivity index (χ4v) is 1.37. The maximum Gasteiger partial charge on any atom is 0.234 e. The molecule has 0 aromatic rings.